The Morgan fingerprint density at radius 2 is 1.78 bits per heavy atom. The van der Waals surface area contributed by atoms with Crippen molar-refractivity contribution in [2.45, 2.75) is 6.92 Å². The Morgan fingerprint density at radius 1 is 1.13 bits per heavy atom. The molecule has 0 saturated heterocycles. The second-order valence-electron chi connectivity index (χ2n) is 4.69. The molecule has 120 valence electrons. The molecule has 0 heterocycles. The lowest BCUT2D eigenvalue weighted by atomic mass is 10.1. The van der Waals surface area contributed by atoms with Gasteiger partial charge in [0.15, 0.2) is 18.1 Å². The number of nitrogens with one attached hydrogen (secondary N) is 1. The quantitative estimate of drug-likeness (QED) is 0.633. The number of methoxy groups -OCH3 is 1. The number of nitrogens with zero attached hydrogens (tertiary/aromatic N) is 1. The third-order valence-electron chi connectivity index (χ3n) is 3.07. The summed E-state index contributed by atoms with van der Waals surface area (Å²) in [6.07, 6.45) is 0. The van der Waals surface area contributed by atoms with E-state index >= 15 is 0 Å². The molecule has 2 aromatic carbocycles. The minimum absolute atomic E-state index is 0.105. The maximum Gasteiger partial charge on any atom is 0.277 e. The summed E-state index contributed by atoms with van der Waals surface area (Å²) < 4.78 is 10.5. The molecular weight excluding hydrogens is 296 g/mol. The predicted molar refractivity (Wildman–Crippen MR) is 86.9 cm³/mol. The highest BCUT2D eigenvalue weighted by Crippen LogP contribution is 2.25. The Kier molecular flexibility index (Phi) is 5.57. The van der Waals surface area contributed by atoms with E-state index in [4.69, 9.17) is 9.47 Å². The first-order valence-corrected chi connectivity index (χ1v) is 6.99. The number of para-hydroxylation sites is 3. The van der Waals surface area contributed by atoms with E-state index in [-0.39, 0.29) is 12.4 Å². The van der Waals surface area contributed by atoms with Gasteiger partial charge in [-0.05, 0) is 31.2 Å². The van der Waals surface area contributed by atoms with Crippen LogP contribution in [-0.2, 0) is 4.79 Å². The molecule has 0 saturated carbocycles. The molecule has 0 aromatic heterocycles. The number of hydrogen-bond donors (Lipinski definition) is 2. The van der Waals surface area contributed by atoms with Gasteiger partial charge in [-0.1, -0.05) is 24.3 Å². The van der Waals surface area contributed by atoms with E-state index in [1.54, 1.807) is 49.4 Å². The molecule has 0 fully saturated rings. The fourth-order valence-corrected chi connectivity index (χ4v) is 1.90. The number of carbonyl (C=O) groups is 1. The Labute approximate surface area is 134 Å². The lowest BCUT2D eigenvalue weighted by Crippen LogP contribution is -2.25. The molecule has 2 rings (SSSR count). The highest BCUT2D eigenvalue weighted by molar-refractivity contribution is 6.01. The zero-order chi connectivity index (χ0) is 16.7. The van der Waals surface area contributed by atoms with Gasteiger partial charge < -0.3 is 14.6 Å². The van der Waals surface area contributed by atoms with Crippen molar-refractivity contribution >= 4 is 11.6 Å². The zero-order valence-corrected chi connectivity index (χ0v) is 12.9. The van der Waals surface area contributed by atoms with Crippen LogP contribution in [0.4, 0.5) is 0 Å². The molecule has 0 spiro atoms. The average Bonchev–Trinajstić information content (AvgIpc) is 2.58. The topological polar surface area (TPSA) is 80.2 Å². The van der Waals surface area contributed by atoms with Crippen LogP contribution in [0.2, 0.25) is 0 Å². The maximum atomic E-state index is 11.8. The number of aromatic hydroxyl groups is 1. The molecule has 6 heteroatoms. The molecule has 23 heavy (non-hydrogen) atoms. The van der Waals surface area contributed by atoms with Crippen LogP contribution in [0.3, 0.4) is 0 Å². The van der Waals surface area contributed by atoms with Gasteiger partial charge in [0.25, 0.3) is 5.91 Å². The second-order valence-corrected chi connectivity index (χ2v) is 4.69. The molecule has 0 bridgehead atoms. The molecule has 0 aliphatic carbocycles. The van der Waals surface area contributed by atoms with E-state index in [1.807, 2.05) is 6.07 Å². The molecular formula is C17H18N2O4. The number of rotatable bonds is 6. The summed E-state index contributed by atoms with van der Waals surface area (Å²) in [7, 11) is 1.53. The van der Waals surface area contributed by atoms with E-state index in [1.165, 1.54) is 7.11 Å². The van der Waals surface area contributed by atoms with Crippen LogP contribution in [0, 0.1) is 0 Å². The number of carbonyl (C=O) groups excluding carboxylic acids is 1. The monoisotopic (exact) mass is 314 g/mol. The van der Waals surface area contributed by atoms with Gasteiger partial charge in [0, 0.05) is 5.56 Å². The lowest BCUT2D eigenvalue weighted by molar-refractivity contribution is -0.123. The van der Waals surface area contributed by atoms with Crippen LogP contribution in [0.5, 0.6) is 17.2 Å². The van der Waals surface area contributed by atoms with Crippen molar-refractivity contribution < 1.29 is 19.4 Å². The predicted octanol–water partition coefficient (Wildman–Crippen LogP) is 2.32. The van der Waals surface area contributed by atoms with Gasteiger partial charge in [0.2, 0.25) is 0 Å². The summed E-state index contributed by atoms with van der Waals surface area (Å²) in [6, 6.07) is 13.8. The van der Waals surface area contributed by atoms with Crippen LogP contribution in [-0.4, -0.2) is 30.4 Å². The Bertz CT molecular complexity index is 713. The molecule has 0 radical (unpaired) electrons. The number of hydrazone groups is 1. The van der Waals surface area contributed by atoms with E-state index in [0.29, 0.717) is 22.8 Å². The third kappa shape index (κ3) is 4.47. The standard InChI is InChI=1S/C17H18N2O4/c1-12(13-7-3-4-8-14(13)20)18-19-17(21)11-23-16-10-6-5-9-15(16)22-2/h3-10,20H,11H2,1-2H3,(H,19,21)/b18-12-. The molecule has 2 aromatic rings. The SMILES string of the molecule is COc1ccccc1OCC(=O)N/N=C(/C)c1ccccc1O. The van der Waals surface area contributed by atoms with E-state index in [9.17, 15) is 9.90 Å². The Balaban J connectivity index is 1.92. The van der Waals surface area contributed by atoms with Gasteiger partial charge >= 0.3 is 0 Å². The normalized spacial score (nSPS) is 11.0. The van der Waals surface area contributed by atoms with Crippen LogP contribution in [0.1, 0.15) is 12.5 Å². The van der Waals surface area contributed by atoms with Crippen molar-refractivity contribution in [1.82, 2.24) is 5.43 Å². The number of ether oxygens (including phenoxy) is 2. The van der Waals surface area contributed by atoms with Crippen LogP contribution in [0.15, 0.2) is 53.6 Å². The number of benzene rings is 2. The summed E-state index contributed by atoms with van der Waals surface area (Å²) in [5, 5.41) is 13.7. The summed E-state index contributed by atoms with van der Waals surface area (Å²) in [6.45, 7) is 1.49. The molecule has 0 unspecified atom stereocenters. The van der Waals surface area contributed by atoms with Gasteiger partial charge in [-0.2, -0.15) is 5.10 Å². The molecule has 1 amide bonds. The zero-order valence-electron chi connectivity index (χ0n) is 12.9. The molecule has 0 aliphatic rings. The minimum Gasteiger partial charge on any atom is -0.507 e. The highest BCUT2D eigenvalue weighted by Gasteiger charge is 2.07. The van der Waals surface area contributed by atoms with Gasteiger partial charge in [-0.15, -0.1) is 0 Å². The van der Waals surface area contributed by atoms with Crippen molar-refractivity contribution in [2.75, 3.05) is 13.7 Å². The Hall–Kier alpha value is -3.02. The Morgan fingerprint density at radius 3 is 2.48 bits per heavy atom. The smallest absolute Gasteiger partial charge is 0.277 e. The molecule has 0 atom stereocenters. The van der Waals surface area contributed by atoms with E-state index < -0.39 is 5.91 Å². The van der Waals surface area contributed by atoms with E-state index in [2.05, 4.69) is 10.5 Å². The third-order valence-corrected chi connectivity index (χ3v) is 3.07. The summed E-state index contributed by atoms with van der Waals surface area (Å²) in [4.78, 5) is 11.8. The average molecular weight is 314 g/mol. The largest absolute Gasteiger partial charge is 0.507 e. The van der Waals surface area contributed by atoms with Crippen molar-refractivity contribution in [3.63, 3.8) is 0 Å². The summed E-state index contributed by atoms with van der Waals surface area (Å²) >= 11 is 0. The van der Waals surface area contributed by atoms with Crippen molar-refractivity contribution in [1.29, 1.82) is 0 Å². The van der Waals surface area contributed by atoms with Crippen molar-refractivity contribution in [2.24, 2.45) is 5.10 Å². The van der Waals surface area contributed by atoms with Gasteiger partial charge in [0.05, 0.1) is 12.8 Å². The summed E-state index contributed by atoms with van der Waals surface area (Å²) in [5.41, 5.74) is 3.44. The van der Waals surface area contributed by atoms with Crippen LogP contribution >= 0.6 is 0 Å². The maximum absolute atomic E-state index is 11.8. The van der Waals surface area contributed by atoms with Gasteiger partial charge in [0.1, 0.15) is 5.75 Å². The molecule has 6 nitrogen and oxygen atoms in total. The van der Waals surface area contributed by atoms with Crippen LogP contribution < -0.4 is 14.9 Å². The summed E-state index contributed by atoms with van der Waals surface area (Å²) in [5.74, 6) is 0.722. The first-order valence-electron chi connectivity index (χ1n) is 6.99. The second kappa shape index (κ2) is 7.84. The van der Waals surface area contributed by atoms with Crippen LogP contribution in [0.25, 0.3) is 0 Å². The number of phenols is 1. The van der Waals surface area contributed by atoms with Gasteiger partial charge in [-0.3, -0.25) is 4.79 Å². The molecule has 0 aliphatic heterocycles. The number of hydrogen-bond acceptors (Lipinski definition) is 5. The molecule has 2 N–H and O–H groups in total. The fourth-order valence-electron chi connectivity index (χ4n) is 1.90. The first kappa shape index (κ1) is 16.4. The fraction of sp³-hybridized carbons (Fsp3) is 0.176. The van der Waals surface area contributed by atoms with E-state index in [0.717, 1.165) is 0 Å². The number of amides is 1. The highest BCUT2D eigenvalue weighted by atomic mass is 16.5. The number of phenolic OH excluding ortho intramolecular Hbond substituents is 1. The van der Waals surface area contributed by atoms with Crippen molar-refractivity contribution in [3.8, 4) is 17.2 Å². The minimum atomic E-state index is -0.411. The first-order chi connectivity index (χ1) is 11.1. The lowest BCUT2D eigenvalue weighted by Gasteiger charge is -2.09. The van der Waals surface area contributed by atoms with Gasteiger partial charge in [-0.25, -0.2) is 5.43 Å². The van der Waals surface area contributed by atoms with Crippen molar-refractivity contribution in [3.05, 3.63) is 54.1 Å².